The van der Waals surface area contributed by atoms with E-state index in [0.29, 0.717) is 6.04 Å². The molecule has 0 aliphatic rings. The molecule has 0 fully saturated rings. The van der Waals surface area contributed by atoms with Crippen molar-refractivity contribution in [1.29, 1.82) is 0 Å². The summed E-state index contributed by atoms with van der Waals surface area (Å²) in [6, 6.07) is 10.9. The number of para-hydroxylation sites is 1. The standard InChI is InChI=1S/C16H18BrN3S/c1-10-8-15(21-16(10)17)13(18-2)9-12-11-6-4-5-7-14(11)20(3)19-12/h4-8,13,18H,9H2,1-3H3. The zero-order valence-corrected chi connectivity index (χ0v) is 14.8. The number of benzene rings is 1. The van der Waals surface area contributed by atoms with E-state index < -0.39 is 0 Å². The molecule has 1 aromatic carbocycles. The number of hydrogen-bond donors (Lipinski definition) is 1. The molecule has 110 valence electrons. The van der Waals surface area contributed by atoms with Crippen LogP contribution in [0.5, 0.6) is 0 Å². The molecular weight excluding hydrogens is 346 g/mol. The first-order valence-corrected chi connectivity index (χ1v) is 8.55. The Kier molecular flexibility index (Phi) is 4.15. The summed E-state index contributed by atoms with van der Waals surface area (Å²) >= 11 is 5.41. The molecule has 0 saturated carbocycles. The van der Waals surface area contributed by atoms with Crippen LogP contribution in [-0.4, -0.2) is 16.8 Å². The number of nitrogens with zero attached hydrogens (tertiary/aromatic N) is 2. The summed E-state index contributed by atoms with van der Waals surface area (Å²) in [6.07, 6.45) is 0.893. The Bertz CT molecular complexity index is 756. The summed E-state index contributed by atoms with van der Waals surface area (Å²) in [6.45, 7) is 2.13. The first-order valence-electron chi connectivity index (χ1n) is 6.94. The summed E-state index contributed by atoms with van der Waals surface area (Å²) in [4.78, 5) is 1.34. The lowest BCUT2D eigenvalue weighted by Crippen LogP contribution is -2.18. The SMILES string of the molecule is CNC(Cc1nn(C)c2ccccc12)c1cc(C)c(Br)s1. The molecule has 1 N–H and O–H groups in total. The third-order valence-electron chi connectivity index (χ3n) is 3.80. The molecule has 1 atom stereocenters. The van der Waals surface area contributed by atoms with E-state index in [0.717, 1.165) is 12.1 Å². The lowest BCUT2D eigenvalue weighted by atomic mass is 10.1. The highest BCUT2D eigenvalue weighted by Crippen LogP contribution is 2.33. The second kappa shape index (κ2) is 5.91. The Morgan fingerprint density at radius 1 is 1.38 bits per heavy atom. The fraction of sp³-hybridized carbons (Fsp3) is 0.312. The van der Waals surface area contributed by atoms with Crippen LogP contribution in [0.2, 0.25) is 0 Å². The Morgan fingerprint density at radius 2 is 2.14 bits per heavy atom. The quantitative estimate of drug-likeness (QED) is 0.752. The fourth-order valence-electron chi connectivity index (χ4n) is 2.63. The van der Waals surface area contributed by atoms with Crippen LogP contribution in [0.15, 0.2) is 34.1 Å². The van der Waals surface area contributed by atoms with Crippen molar-refractivity contribution in [3.05, 3.63) is 50.3 Å². The molecule has 0 radical (unpaired) electrons. The van der Waals surface area contributed by atoms with Gasteiger partial charge in [0.25, 0.3) is 0 Å². The zero-order valence-electron chi connectivity index (χ0n) is 12.4. The monoisotopic (exact) mass is 363 g/mol. The third kappa shape index (κ3) is 2.78. The average molecular weight is 364 g/mol. The van der Waals surface area contributed by atoms with E-state index in [4.69, 9.17) is 5.10 Å². The molecule has 0 amide bonds. The summed E-state index contributed by atoms with van der Waals surface area (Å²) in [5.74, 6) is 0. The van der Waals surface area contributed by atoms with Gasteiger partial charge in [0.1, 0.15) is 0 Å². The zero-order chi connectivity index (χ0) is 15.0. The molecule has 2 aromatic heterocycles. The minimum Gasteiger partial charge on any atom is -0.312 e. The van der Waals surface area contributed by atoms with Crippen LogP contribution in [0.25, 0.3) is 10.9 Å². The molecule has 21 heavy (non-hydrogen) atoms. The van der Waals surface area contributed by atoms with Crippen molar-refractivity contribution in [3.63, 3.8) is 0 Å². The predicted octanol–water partition coefficient (Wildman–Crippen LogP) is 4.21. The van der Waals surface area contributed by atoms with Crippen LogP contribution in [-0.2, 0) is 13.5 Å². The van der Waals surface area contributed by atoms with Crippen molar-refractivity contribution in [2.75, 3.05) is 7.05 Å². The van der Waals surface area contributed by atoms with Gasteiger partial charge in [-0.15, -0.1) is 11.3 Å². The molecule has 1 unspecified atom stereocenters. The van der Waals surface area contributed by atoms with Gasteiger partial charge in [-0.1, -0.05) is 18.2 Å². The number of aromatic nitrogens is 2. The Morgan fingerprint density at radius 3 is 2.81 bits per heavy atom. The largest absolute Gasteiger partial charge is 0.312 e. The van der Waals surface area contributed by atoms with Crippen LogP contribution in [0.1, 0.15) is 22.2 Å². The molecule has 0 saturated heterocycles. The maximum Gasteiger partial charge on any atom is 0.0731 e. The van der Waals surface area contributed by atoms with Crippen molar-refractivity contribution >= 4 is 38.2 Å². The van der Waals surface area contributed by atoms with Gasteiger partial charge >= 0.3 is 0 Å². The summed E-state index contributed by atoms with van der Waals surface area (Å²) in [5.41, 5.74) is 3.63. The number of aryl methyl sites for hydroxylation is 2. The van der Waals surface area contributed by atoms with Crippen molar-refractivity contribution in [2.45, 2.75) is 19.4 Å². The second-order valence-electron chi connectivity index (χ2n) is 5.24. The molecule has 0 bridgehead atoms. The van der Waals surface area contributed by atoms with Gasteiger partial charge < -0.3 is 5.32 Å². The van der Waals surface area contributed by atoms with Crippen molar-refractivity contribution in [1.82, 2.24) is 15.1 Å². The van der Waals surface area contributed by atoms with E-state index in [2.05, 4.69) is 58.5 Å². The minimum atomic E-state index is 0.290. The molecule has 3 aromatic rings. The highest BCUT2D eigenvalue weighted by molar-refractivity contribution is 9.11. The van der Waals surface area contributed by atoms with E-state index >= 15 is 0 Å². The van der Waals surface area contributed by atoms with E-state index in [1.807, 2.05) is 18.8 Å². The Balaban J connectivity index is 1.96. The topological polar surface area (TPSA) is 29.9 Å². The van der Waals surface area contributed by atoms with Crippen molar-refractivity contribution in [3.8, 4) is 0 Å². The van der Waals surface area contributed by atoms with Crippen LogP contribution < -0.4 is 5.32 Å². The first-order chi connectivity index (χ1) is 10.1. The molecule has 2 heterocycles. The van der Waals surface area contributed by atoms with Crippen LogP contribution in [0.4, 0.5) is 0 Å². The summed E-state index contributed by atoms with van der Waals surface area (Å²) in [7, 11) is 4.02. The van der Waals surface area contributed by atoms with E-state index in [-0.39, 0.29) is 0 Å². The van der Waals surface area contributed by atoms with Crippen molar-refractivity contribution in [2.24, 2.45) is 7.05 Å². The normalized spacial score (nSPS) is 13.0. The predicted molar refractivity (Wildman–Crippen MR) is 93.0 cm³/mol. The van der Waals surface area contributed by atoms with Gasteiger partial charge in [0.2, 0.25) is 0 Å². The molecule has 3 rings (SSSR count). The molecule has 0 spiro atoms. The van der Waals surface area contributed by atoms with Crippen LogP contribution in [0.3, 0.4) is 0 Å². The number of fused-ring (bicyclic) bond motifs is 1. The minimum absolute atomic E-state index is 0.290. The third-order valence-corrected chi connectivity index (χ3v) is 6.05. The molecule has 5 heteroatoms. The lowest BCUT2D eigenvalue weighted by Gasteiger charge is -2.13. The summed E-state index contributed by atoms with van der Waals surface area (Å²) < 4.78 is 3.18. The number of halogens is 1. The lowest BCUT2D eigenvalue weighted by molar-refractivity contribution is 0.588. The second-order valence-corrected chi connectivity index (χ2v) is 7.64. The van der Waals surface area contributed by atoms with Gasteiger partial charge in [0.05, 0.1) is 15.0 Å². The van der Waals surface area contributed by atoms with E-state index in [9.17, 15) is 0 Å². The fourth-order valence-corrected chi connectivity index (χ4v) is 4.31. The van der Waals surface area contributed by atoms with E-state index in [1.165, 1.54) is 25.1 Å². The highest BCUT2D eigenvalue weighted by atomic mass is 79.9. The van der Waals surface area contributed by atoms with Gasteiger partial charge in [-0.25, -0.2) is 0 Å². The molecular formula is C16H18BrN3S. The molecule has 0 aliphatic carbocycles. The smallest absolute Gasteiger partial charge is 0.0731 e. The van der Waals surface area contributed by atoms with Gasteiger partial charge in [-0.2, -0.15) is 5.10 Å². The summed E-state index contributed by atoms with van der Waals surface area (Å²) in [5, 5.41) is 9.37. The average Bonchev–Trinajstić information content (AvgIpc) is 2.98. The molecule has 3 nitrogen and oxygen atoms in total. The Hall–Kier alpha value is -1.17. The molecule has 0 aliphatic heterocycles. The van der Waals surface area contributed by atoms with Crippen LogP contribution in [0, 0.1) is 6.92 Å². The first kappa shape index (κ1) is 14.8. The number of thiophene rings is 1. The maximum atomic E-state index is 4.70. The van der Waals surface area contributed by atoms with Gasteiger partial charge in [0, 0.05) is 29.8 Å². The Labute approximate surface area is 137 Å². The number of hydrogen-bond acceptors (Lipinski definition) is 3. The number of nitrogens with one attached hydrogen (secondary N) is 1. The van der Waals surface area contributed by atoms with Crippen LogP contribution >= 0.6 is 27.3 Å². The van der Waals surface area contributed by atoms with Gasteiger partial charge in [0.15, 0.2) is 0 Å². The van der Waals surface area contributed by atoms with Gasteiger partial charge in [-0.05, 0) is 47.6 Å². The highest BCUT2D eigenvalue weighted by Gasteiger charge is 2.17. The van der Waals surface area contributed by atoms with Crippen molar-refractivity contribution < 1.29 is 0 Å². The maximum absolute atomic E-state index is 4.70. The number of likely N-dealkylation sites (N-methyl/N-ethyl adjacent to an activating group) is 1. The van der Waals surface area contributed by atoms with Gasteiger partial charge in [-0.3, -0.25) is 4.68 Å². The van der Waals surface area contributed by atoms with E-state index in [1.54, 1.807) is 11.3 Å². The number of rotatable bonds is 4.